The minimum atomic E-state index is 1.18. The van der Waals surface area contributed by atoms with Crippen molar-refractivity contribution in [2.45, 2.75) is 0 Å². The van der Waals surface area contributed by atoms with E-state index in [1.165, 1.54) is 65.7 Å². The lowest BCUT2D eigenvalue weighted by molar-refractivity contribution is 1.33. The van der Waals surface area contributed by atoms with Crippen LogP contribution in [0.5, 0.6) is 0 Å². The number of nitrogens with zero attached hydrogens (tertiary/aromatic N) is 2. The van der Waals surface area contributed by atoms with Crippen LogP contribution in [0.15, 0.2) is 122 Å². The first-order valence-electron chi connectivity index (χ1n) is 11.5. The van der Waals surface area contributed by atoms with Crippen molar-refractivity contribution < 1.29 is 0 Å². The molecule has 0 amide bonds. The molecule has 34 heavy (non-hydrogen) atoms. The smallest absolute Gasteiger partial charge is 0.0273 e. The third kappa shape index (κ3) is 2.89. The lowest BCUT2D eigenvalue weighted by Gasteiger charge is -2.16. The van der Waals surface area contributed by atoms with Crippen LogP contribution >= 0.6 is 0 Å². The molecule has 0 saturated heterocycles. The molecular weight excluding hydrogens is 412 g/mol. The molecule has 0 radical (unpaired) electrons. The van der Waals surface area contributed by atoms with E-state index in [1.807, 2.05) is 24.8 Å². The van der Waals surface area contributed by atoms with Crippen LogP contribution in [-0.4, -0.2) is 9.97 Å². The van der Waals surface area contributed by atoms with Gasteiger partial charge in [0.05, 0.1) is 0 Å². The van der Waals surface area contributed by atoms with Crippen molar-refractivity contribution in [3.63, 3.8) is 0 Å². The van der Waals surface area contributed by atoms with Crippen molar-refractivity contribution in [3.8, 4) is 33.4 Å². The molecule has 7 rings (SSSR count). The zero-order valence-electron chi connectivity index (χ0n) is 18.4. The van der Waals surface area contributed by atoms with Gasteiger partial charge >= 0.3 is 0 Å². The fourth-order valence-electron chi connectivity index (χ4n) is 5.25. The average molecular weight is 433 g/mol. The first-order chi connectivity index (χ1) is 16.9. The van der Waals surface area contributed by atoms with Crippen LogP contribution in [0.25, 0.3) is 65.7 Å². The SMILES string of the molecule is c1cc(-c2ccncc2)cc(-c2ccc3ccc4c(-c5ccncc5)ccc5ccc2c3c54)c1. The van der Waals surface area contributed by atoms with Gasteiger partial charge in [-0.3, -0.25) is 9.97 Å². The molecule has 0 bridgehead atoms. The topological polar surface area (TPSA) is 25.8 Å². The molecule has 0 unspecified atom stereocenters. The number of benzene rings is 5. The molecule has 0 N–H and O–H groups in total. The van der Waals surface area contributed by atoms with E-state index in [4.69, 9.17) is 0 Å². The fraction of sp³-hybridized carbons (Fsp3) is 0. The highest BCUT2D eigenvalue weighted by Gasteiger charge is 2.15. The van der Waals surface area contributed by atoms with E-state index < -0.39 is 0 Å². The minimum absolute atomic E-state index is 1.18. The van der Waals surface area contributed by atoms with Crippen molar-refractivity contribution in [2.24, 2.45) is 0 Å². The molecule has 158 valence electrons. The Balaban J connectivity index is 1.51. The van der Waals surface area contributed by atoms with E-state index in [0.717, 1.165) is 0 Å². The quantitative estimate of drug-likeness (QED) is 0.262. The van der Waals surface area contributed by atoms with E-state index in [0.29, 0.717) is 0 Å². The summed E-state index contributed by atoms with van der Waals surface area (Å²) in [6.45, 7) is 0. The minimum Gasteiger partial charge on any atom is -0.265 e. The van der Waals surface area contributed by atoms with Gasteiger partial charge < -0.3 is 0 Å². The maximum Gasteiger partial charge on any atom is 0.0273 e. The molecule has 0 atom stereocenters. The van der Waals surface area contributed by atoms with Crippen molar-refractivity contribution in [3.05, 3.63) is 122 Å². The van der Waals surface area contributed by atoms with E-state index in [-0.39, 0.29) is 0 Å². The van der Waals surface area contributed by atoms with Crippen LogP contribution in [0.4, 0.5) is 0 Å². The monoisotopic (exact) mass is 432 g/mol. The summed E-state index contributed by atoms with van der Waals surface area (Å²) in [5.41, 5.74) is 7.29. The molecule has 0 aliphatic carbocycles. The Morgan fingerprint density at radius 1 is 0.382 bits per heavy atom. The number of pyridine rings is 2. The van der Waals surface area contributed by atoms with Crippen LogP contribution in [0.3, 0.4) is 0 Å². The molecule has 2 aromatic heterocycles. The van der Waals surface area contributed by atoms with Crippen LogP contribution in [0.2, 0.25) is 0 Å². The van der Waals surface area contributed by atoms with E-state index in [2.05, 4.69) is 107 Å². The molecule has 2 heteroatoms. The van der Waals surface area contributed by atoms with E-state index in [1.54, 1.807) is 0 Å². The van der Waals surface area contributed by atoms with E-state index >= 15 is 0 Å². The molecule has 0 saturated carbocycles. The highest BCUT2D eigenvalue weighted by molar-refractivity contribution is 6.27. The van der Waals surface area contributed by atoms with Crippen LogP contribution in [0.1, 0.15) is 0 Å². The Labute approximate surface area is 197 Å². The second kappa shape index (κ2) is 7.50. The molecule has 2 heterocycles. The predicted molar refractivity (Wildman–Crippen MR) is 142 cm³/mol. The van der Waals surface area contributed by atoms with Crippen LogP contribution in [0, 0.1) is 0 Å². The Kier molecular flexibility index (Phi) is 4.18. The molecule has 0 aliphatic rings. The van der Waals surface area contributed by atoms with Crippen molar-refractivity contribution >= 4 is 32.3 Å². The number of hydrogen-bond acceptors (Lipinski definition) is 2. The normalized spacial score (nSPS) is 11.5. The molecule has 0 aliphatic heterocycles. The molecule has 0 spiro atoms. The summed E-state index contributed by atoms with van der Waals surface area (Å²) in [5.74, 6) is 0. The zero-order chi connectivity index (χ0) is 22.5. The largest absolute Gasteiger partial charge is 0.265 e. The van der Waals surface area contributed by atoms with Gasteiger partial charge in [0.1, 0.15) is 0 Å². The first kappa shape index (κ1) is 19.0. The fourth-order valence-corrected chi connectivity index (χ4v) is 5.25. The summed E-state index contributed by atoms with van der Waals surface area (Å²) in [4.78, 5) is 8.37. The van der Waals surface area contributed by atoms with Gasteiger partial charge in [-0.2, -0.15) is 0 Å². The maximum atomic E-state index is 4.20. The van der Waals surface area contributed by atoms with Gasteiger partial charge in [0.2, 0.25) is 0 Å². The van der Waals surface area contributed by atoms with Crippen LogP contribution < -0.4 is 0 Å². The van der Waals surface area contributed by atoms with Gasteiger partial charge in [-0.25, -0.2) is 0 Å². The third-order valence-electron chi connectivity index (χ3n) is 6.84. The summed E-state index contributed by atoms with van der Waals surface area (Å²) in [5, 5.41) is 7.77. The highest BCUT2D eigenvalue weighted by atomic mass is 14.6. The molecule has 5 aromatic carbocycles. The van der Waals surface area contributed by atoms with Crippen molar-refractivity contribution in [1.82, 2.24) is 9.97 Å². The first-order valence-corrected chi connectivity index (χ1v) is 11.5. The van der Waals surface area contributed by atoms with Gasteiger partial charge in [0.15, 0.2) is 0 Å². The Bertz CT molecular complexity index is 1790. The Morgan fingerprint density at radius 2 is 0.882 bits per heavy atom. The van der Waals surface area contributed by atoms with Crippen molar-refractivity contribution in [1.29, 1.82) is 0 Å². The average Bonchev–Trinajstić information content (AvgIpc) is 2.92. The van der Waals surface area contributed by atoms with Gasteiger partial charge in [-0.15, -0.1) is 0 Å². The maximum absolute atomic E-state index is 4.20. The summed E-state index contributed by atoms with van der Waals surface area (Å²) in [6.07, 6.45) is 7.42. The number of hydrogen-bond donors (Lipinski definition) is 0. The molecule has 7 aromatic rings. The van der Waals surface area contributed by atoms with Gasteiger partial charge in [-0.1, -0.05) is 66.7 Å². The lowest BCUT2D eigenvalue weighted by atomic mass is 9.87. The standard InChI is InChI=1S/C32H20N2/c1-2-25(21-12-16-33-17-13-21)20-26(3-1)28-9-5-24-6-10-29-27(22-14-18-34-19-15-22)8-4-23-7-11-30(28)32(24)31(23)29/h1-20H. The molecule has 2 nitrogen and oxygen atoms in total. The summed E-state index contributed by atoms with van der Waals surface area (Å²) in [6, 6.07) is 35.1. The molecule has 0 fully saturated rings. The Hall–Kier alpha value is -4.56. The number of aromatic nitrogens is 2. The van der Waals surface area contributed by atoms with Crippen molar-refractivity contribution in [2.75, 3.05) is 0 Å². The van der Waals surface area contributed by atoms with Gasteiger partial charge in [-0.05, 0) is 96.0 Å². The lowest BCUT2D eigenvalue weighted by Crippen LogP contribution is -1.90. The van der Waals surface area contributed by atoms with Gasteiger partial charge in [0.25, 0.3) is 0 Å². The predicted octanol–water partition coefficient (Wildman–Crippen LogP) is 8.38. The van der Waals surface area contributed by atoms with Crippen LogP contribution in [-0.2, 0) is 0 Å². The van der Waals surface area contributed by atoms with E-state index in [9.17, 15) is 0 Å². The van der Waals surface area contributed by atoms with Gasteiger partial charge in [0, 0.05) is 24.8 Å². The molecular formula is C32H20N2. The third-order valence-corrected chi connectivity index (χ3v) is 6.84. The Morgan fingerprint density at radius 3 is 1.50 bits per heavy atom. The zero-order valence-corrected chi connectivity index (χ0v) is 18.4. The highest BCUT2D eigenvalue weighted by Crippen LogP contribution is 2.42. The second-order valence-electron chi connectivity index (χ2n) is 8.70. The summed E-state index contributed by atoms with van der Waals surface area (Å²) >= 11 is 0. The summed E-state index contributed by atoms with van der Waals surface area (Å²) in [7, 11) is 0. The number of rotatable bonds is 3. The second-order valence-corrected chi connectivity index (χ2v) is 8.70. The summed E-state index contributed by atoms with van der Waals surface area (Å²) < 4.78 is 0.